The van der Waals surface area contributed by atoms with Crippen molar-refractivity contribution in [2.75, 3.05) is 6.54 Å². The minimum atomic E-state index is -1.15. The zero-order chi connectivity index (χ0) is 29.5. The third-order valence-electron chi connectivity index (χ3n) is 8.32. The van der Waals surface area contributed by atoms with Gasteiger partial charge in [-0.1, -0.05) is 124 Å². The first-order valence-corrected chi connectivity index (χ1v) is 15.9. The summed E-state index contributed by atoms with van der Waals surface area (Å²) in [5.74, 6) is -3.44. The summed E-state index contributed by atoms with van der Waals surface area (Å²) in [6.07, 6.45) is 24.7. The van der Waals surface area contributed by atoms with Gasteiger partial charge in [-0.05, 0) is 18.9 Å². The van der Waals surface area contributed by atoms with Crippen LogP contribution in [0.2, 0.25) is 0 Å². The van der Waals surface area contributed by atoms with E-state index < -0.39 is 40.5 Å². The van der Waals surface area contributed by atoms with Crippen molar-refractivity contribution in [1.82, 2.24) is 0 Å². The maximum atomic E-state index is 12.2. The highest BCUT2D eigenvalue weighted by Crippen LogP contribution is 2.31. The van der Waals surface area contributed by atoms with Gasteiger partial charge in [-0.3, -0.25) is 4.48 Å². The topological polar surface area (TPSA) is 112 Å². The monoisotopic (exact) mass is 554 g/mol. The quantitative estimate of drug-likeness (QED) is 0.0536. The fourth-order valence-corrected chi connectivity index (χ4v) is 6.20. The van der Waals surface area contributed by atoms with Crippen LogP contribution in [-0.4, -0.2) is 62.4 Å². The average Bonchev–Trinajstić information content (AvgIpc) is 2.88. The van der Waals surface area contributed by atoms with Crippen molar-refractivity contribution >= 4 is 17.9 Å². The highest BCUT2D eigenvalue weighted by atomic mass is 16.4. The molecule has 0 radical (unpaired) electrons. The van der Waals surface area contributed by atoms with Crippen molar-refractivity contribution in [2.24, 2.45) is 0 Å². The predicted molar refractivity (Wildman–Crippen MR) is 159 cm³/mol. The molecule has 0 amide bonds. The van der Waals surface area contributed by atoms with E-state index >= 15 is 0 Å². The van der Waals surface area contributed by atoms with Gasteiger partial charge < -0.3 is 15.3 Å². The number of unbranched alkanes of at least 4 members (excludes halogenated alkanes) is 15. The molecular weight excluding hydrogens is 494 g/mol. The van der Waals surface area contributed by atoms with Crippen LogP contribution in [0.3, 0.4) is 0 Å². The predicted octanol–water partition coefficient (Wildman–Crippen LogP) is 8.21. The molecule has 3 unspecified atom stereocenters. The van der Waals surface area contributed by atoms with Crippen molar-refractivity contribution in [3.05, 3.63) is 12.2 Å². The Hall–Kier alpha value is -1.89. The molecule has 0 saturated carbocycles. The average molecular weight is 555 g/mol. The first-order valence-electron chi connectivity index (χ1n) is 15.9. The number of allylic oxidation sites excluding steroid dienone is 1. The van der Waals surface area contributed by atoms with Gasteiger partial charge in [-0.2, -0.15) is 0 Å². The number of carbonyl (C=O) groups is 3. The molecule has 0 spiro atoms. The molecule has 0 saturated heterocycles. The molecule has 0 rings (SSSR count). The Balaban J connectivity index is 4.66. The maximum absolute atomic E-state index is 12.2. The van der Waals surface area contributed by atoms with E-state index in [1.54, 1.807) is 20.8 Å². The third kappa shape index (κ3) is 13.8. The zero-order valence-electron chi connectivity index (χ0n) is 25.5. The number of carboxylic acids is 3. The number of carboxylic acid groups (broad SMARTS) is 3. The van der Waals surface area contributed by atoms with Crippen LogP contribution in [0.15, 0.2) is 12.2 Å². The van der Waals surface area contributed by atoms with Gasteiger partial charge in [0.2, 0.25) is 0 Å². The van der Waals surface area contributed by atoms with Crippen molar-refractivity contribution in [1.29, 1.82) is 0 Å². The van der Waals surface area contributed by atoms with E-state index in [9.17, 15) is 29.7 Å². The van der Waals surface area contributed by atoms with Gasteiger partial charge in [0.25, 0.3) is 0 Å². The molecule has 39 heavy (non-hydrogen) atoms. The van der Waals surface area contributed by atoms with Crippen molar-refractivity contribution < 1.29 is 34.2 Å². The lowest BCUT2D eigenvalue weighted by Gasteiger charge is -2.49. The smallest absolute Gasteiger partial charge is 0.362 e. The number of hydrogen-bond donors (Lipinski definition) is 3. The van der Waals surface area contributed by atoms with Crippen LogP contribution in [0.1, 0.15) is 150 Å². The standard InChI is InChI=1S/C32H59NO6/c1-5-9-10-11-12-13-14-15-16-17-18-19-20-21-22-23-24-25-26-33(27(6-2)30(34)35,28(7-3)31(36)37)29(8-4)32(38)39/h24-25,27-29H,5-23,26H2,1-4H3,(H2-,34,35,36,37,38,39)/p+1/b25-24+. The second-order valence-corrected chi connectivity index (χ2v) is 11.2. The Kier molecular flexibility index (Phi) is 21.8. The SMILES string of the molecule is CCCCCCCCCCCCCCCCC/C=C/C[N+](C(CC)C(=O)O)(C(CC)C(=O)O)C(CC)C(=O)O. The normalized spacial score (nSPS) is 15.6. The van der Waals surface area contributed by atoms with Crippen molar-refractivity contribution in [3.63, 3.8) is 0 Å². The lowest BCUT2D eigenvalue weighted by Crippen LogP contribution is -2.72. The fraction of sp³-hybridized carbons (Fsp3) is 0.844. The van der Waals surface area contributed by atoms with Crippen LogP contribution in [0.5, 0.6) is 0 Å². The summed E-state index contributed by atoms with van der Waals surface area (Å²) in [6, 6.07) is -3.33. The van der Waals surface area contributed by atoms with Gasteiger partial charge >= 0.3 is 17.9 Å². The van der Waals surface area contributed by atoms with E-state index in [1.807, 2.05) is 12.2 Å². The minimum absolute atomic E-state index is 0.0825. The van der Waals surface area contributed by atoms with E-state index in [-0.39, 0.29) is 25.8 Å². The molecule has 0 aromatic heterocycles. The van der Waals surface area contributed by atoms with Crippen LogP contribution in [0.25, 0.3) is 0 Å². The first-order chi connectivity index (χ1) is 18.7. The van der Waals surface area contributed by atoms with Crippen LogP contribution in [-0.2, 0) is 14.4 Å². The molecular formula is C32H60NO6+. The van der Waals surface area contributed by atoms with Gasteiger partial charge in [0.05, 0.1) is 6.54 Å². The number of hydrogen-bond acceptors (Lipinski definition) is 3. The van der Waals surface area contributed by atoms with Gasteiger partial charge in [0, 0.05) is 19.3 Å². The van der Waals surface area contributed by atoms with E-state index in [0.29, 0.717) is 0 Å². The van der Waals surface area contributed by atoms with Crippen molar-refractivity contribution in [2.45, 2.75) is 168 Å². The fourth-order valence-electron chi connectivity index (χ4n) is 6.20. The third-order valence-corrected chi connectivity index (χ3v) is 8.32. The summed E-state index contributed by atoms with van der Waals surface area (Å²) in [6.45, 7) is 7.41. The molecule has 0 heterocycles. The molecule has 228 valence electrons. The lowest BCUT2D eigenvalue weighted by atomic mass is 9.94. The molecule has 7 nitrogen and oxygen atoms in total. The number of rotatable bonds is 27. The molecule has 3 N–H and O–H groups in total. The molecule has 0 fully saturated rings. The first kappa shape index (κ1) is 37.1. The largest absolute Gasteiger partial charge is 0.477 e. The van der Waals surface area contributed by atoms with Gasteiger partial charge in [0.15, 0.2) is 18.1 Å². The molecule has 0 aromatic rings. The molecule has 0 bridgehead atoms. The van der Waals surface area contributed by atoms with Crippen molar-refractivity contribution in [3.8, 4) is 0 Å². The number of quaternary nitrogens is 1. The molecule has 0 aliphatic rings. The second kappa shape index (κ2) is 22.9. The summed E-state index contributed by atoms with van der Waals surface area (Å²) in [4.78, 5) is 36.7. The summed E-state index contributed by atoms with van der Waals surface area (Å²) in [7, 11) is 0. The van der Waals surface area contributed by atoms with E-state index in [0.717, 1.165) is 19.3 Å². The Morgan fingerprint density at radius 3 is 1.10 bits per heavy atom. The second-order valence-electron chi connectivity index (χ2n) is 11.2. The molecule has 0 aliphatic carbocycles. The highest BCUT2D eigenvalue weighted by molar-refractivity contribution is 5.78. The summed E-state index contributed by atoms with van der Waals surface area (Å²) >= 11 is 0. The van der Waals surface area contributed by atoms with Crippen LogP contribution in [0.4, 0.5) is 0 Å². The highest BCUT2D eigenvalue weighted by Gasteiger charge is 2.55. The van der Waals surface area contributed by atoms with Gasteiger partial charge in [-0.15, -0.1) is 0 Å². The number of nitrogens with zero attached hydrogens (tertiary/aromatic N) is 1. The molecule has 0 aliphatic heterocycles. The Morgan fingerprint density at radius 1 is 0.513 bits per heavy atom. The van der Waals surface area contributed by atoms with E-state index in [4.69, 9.17) is 0 Å². The van der Waals surface area contributed by atoms with Crippen LogP contribution < -0.4 is 0 Å². The summed E-state index contributed by atoms with van der Waals surface area (Å²) in [5, 5.41) is 30.0. The zero-order valence-corrected chi connectivity index (χ0v) is 25.5. The Labute approximate surface area is 238 Å². The summed E-state index contributed by atoms with van der Waals surface area (Å²) < 4.78 is -0.487. The molecule has 3 atom stereocenters. The minimum Gasteiger partial charge on any atom is -0.477 e. The Bertz CT molecular complexity index is 637. The van der Waals surface area contributed by atoms with E-state index in [2.05, 4.69) is 6.92 Å². The number of aliphatic carboxylic acids is 3. The molecule has 0 aromatic carbocycles. The van der Waals surface area contributed by atoms with Crippen LogP contribution >= 0.6 is 0 Å². The van der Waals surface area contributed by atoms with Crippen LogP contribution in [0, 0.1) is 0 Å². The maximum Gasteiger partial charge on any atom is 0.362 e. The lowest BCUT2D eigenvalue weighted by molar-refractivity contribution is -0.968. The van der Waals surface area contributed by atoms with Gasteiger partial charge in [-0.25, -0.2) is 14.4 Å². The van der Waals surface area contributed by atoms with E-state index in [1.165, 1.54) is 83.5 Å². The Morgan fingerprint density at radius 2 is 0.821 bits per heavy atom. The summed E-state index contributed by atoms with van der Waals surface area (Å²) in [5.41, 5.74) is 0. The van der Waals surface area contributed by atoms with Gasteiger partial charge in [0.1, 0.15) is 0 Å². The molecule has 7 heteroatoms.